The predicted octanol–water partition coefficient (Wildman–Crippen LogP) is 0.829. The maximum Gasteiger partial charge on any atom is 0.302 e. The number of nitro groups is 1. The summed E-state index contributed by atoms with van der Waals surface area (Å²) in [7, 11) is -4.70. The lowest BCUT2D eigenvalue weighted by Gasteiger charge is -2.16. The molecule has 1 fully saturated rings. The van der Waals surface area contributed by atoms with E-state index in [1.807, 2.05) is 0 Å². The minimum Gasteiger partial charge on any atom is -0.399 e. The number of amides is 1. The van der Waals surface area contributed by atoms with Gasteiger partial charge in [-0.05, 0) is 12.1 Å². The number of nitrogen functional groups attached to an aromatic ring is 1. The number of nitro benzene ring substituents is 1. The maximum atomic E-state index is 12.7. The molecule has 0 saturated carbocycles. The summed E-state index contributed by atoms with van der Waals surface area (Å²) in [6.07, 6.45) is -0.176. The molecule has 1 atom stereocenters. The van der Waals surface area contributed by atoms with Crippen LogP contribution in [0.1, 0.15) is 6.42 Å². The Kier molecular flexibility index (Phi) is 3.81. The van der Waals surface area contributed by atoms with Gasteiger partial charge in [-0.25, -0.2) is 0 Å². The van der Waals surface area contributed by atoms with Crippen molar-refractivity contribution in [3.05, 3.63) is 28.3 Å². The first-order valence-corrected chi connectivity index (χ1v) is 7.49. The first-order chi connectivity index (χ1) is 9.67. The average Bonchev–Trinajstić information content (AvgIpc) is 2.67. The second kappa shape index (κ2) is 5.28. The van der Waals surface area contributed by atoms with E-state index in [2.05, 4.69) is 0 Å². The molecule has 2 rings (SSSR count). The van der Waals surface area contributed by atoms with E-state index >= 15 is 0 Å². The fourth-order valence-electron chi connectivity index (χ4n) is 2.32. The fraction of sp³-hybridized carbons (Fsp3) is 0.364. The van der Waals surface area contributed by atoms with Gasteiger partial charge in [0.1, 0.15) is 5.69 Å². The molecule has 0 radical (unpaired) electrons. The van der Waals surface area contributed by atoms with E-state index in [9.17, 15) is 27.2 Å². The molecule has 0 spiro atoms. The molecular formula is C11H12FN3O5S. The lowest BCUT2D eigenvalue weighted by Crippen LogP contribution is -2.26. The number of nitrogens with two attached hydrogens (primary N) is 1. The summed E-state index contributed by atoms with van der Waals surface area (Å²) in [4.78, 5) is 23.3. The molecule has 1 saturated heterocycles. The van der Waals surface area contributed by atoms with E-state index in [-0.39, 0.29) is 30.0 Å². The molecule has 1 aliphatic rings. The Balaban J connectivity index is 2.31. The highest BCUT2D eigenvalue weighted by atomic mass is 32.3. The summed E-state index contributed by atoms with van der Waals surface area (Å²) >= 11 is 0. The third kappa shape index (κ3) is 3.45. The van der Waals surface area contributed by atoms with Gasteiger partial charge in [-0.1, -0.05) is 0 Å². The van der Waals surface area contributed by atoms with Gasteiger partial charge in [0.2, 0.25) is 5.91 Å². The molecule has 0 bridgehead atoms. The van der Waals surface area contributed by atoms with Crippen molar-refractivity contribution in [2.24, 2.45) is 5.92 Å². The number of nitrogens with zero attached hydrogens (tertiary/aromatic N) is 2. The third-order valence-corrected chi connectivity index (χ3v) is 4.00. The van der Waals surface area contributed by atoms with E-state index in [1.54, 1.807) is 0 Å². The van der Waals surface area contributed by atoms with Gasteiger partial charge < -0.3 is 10.6 Å². The summed E-state index contributed by atoms with van der Waals surface area (Å²) in [5.74, 6) is -2.00. The van der Waals surface area contributed by atoms with Gasteiger partial charge in [-0.15, -0.1) is 3.89 Å². The van der Waals surface area contributed by atoms with Crippen molar-refractivity contribution in [3.63, 3.8) is 0 Å². The Morgan fingerprint density at radius 3 is 2.71 bits per heavy atom. The molecule has 114 valence electrons. The highest BCUT2D eigenvalue weighted by molar-refractivity contribution is 7.86. The van der Waals surface area contributed by atoms with Crippen molar-refractivity contribution in [1.82, 2.24) is 0 Å². The highest BCUT2D eigenvalue weighted by Gasteiger charge is 2.36. The van der Waals surface area contributed by atoms with Crippen LogP contribution in [0.5, 0.6) is 0 Å². The summed E-state index contributed by atoms with van der Waals surface area (Å²) in [6.45, 7) is -0.0905. The van der Waals surface area contributed by atoms with Gasteiger partial charge >= 0.3 is 10.2 Å². The van der Waals surface area contributed by atoms with Crippen molar-refractivity contribution >= 4 is 33.2 Å². The molecule has 1 heterocycles. The molecule has 1 aliphatic heterocycles. The molecular weight excluding hydrogens is 305 g/mol. The van der Waals surface area contributed by atoms with E-state index < -0.39 is 32.7 Å². The van der Waals surface area contributed by atoms with Crippen LogP contribution < -0.4 is 10.6 Å². The van der Waals surface area contributed by atoms with Crippen LogP contribution in [0.2, 0.25) is 0 Å². The standard InChI is InChI=1S/C11H12FN3O5S/c12-21(19,20)6-7-3-11(16)14(5-7)9-2-1-8(13)4-10(9)15(17)18/h1-2,4,7H,3,5-6,13H2. The molecule has 0 aliphatic carbocycles. The van der Waals surface area contributed by atoms with E-state index in [4.69, 9.17) is 5.73 Å². The highest BCUT2D eigenvalue weighted by Crippen LogP contribution is 2.34. The zero-order valence-electron chi connectivity index (χ0n) is 10.7. The SMILES string of the molecule is Nc1ccc(N2CC(CS(=O)(=O)F)CC2=O)c([N+](=O)[O-])c1. The Morgan fingerprint density at radius 1 is 1.48 bits per heavy atom. The summed E-state index contributed by atoms with van der Waals surface area (Å²) in [6, 6.07) is 3.83. The average molecular weight is 317 g/mol. The van der Waals surface area contributed by atoms with Crippen molar-refractivity contribution in [3.8, 4) is 0 Å². The van der Waals surface area contributed by atoms with Crippen molar-refractivity contribution in [1.29, 1.82) is 0 Å². The van der Waals surface area contributed by atoms with Crippen LogP contribution >= 0.6 is 0 Å². The summed E-state index contributed by atoms with van der Waals surface area (Å²) in [5, 5.41) is 11.0. The smallest absolute Gasteiger partial charge is 0.302 e. The molecule has 21 heavy (non-hydrogen) atoms. The van der Waals surface area contributed by atoms with Crippen LogP contribution in [0.15, 0.2) is 18.2 Å². The first kappa shape index (κ1) is 15.2. The van der Waals surface area contributed by atoms with Crippen LogP contribution in [-0.4, -0.2) is 31.5 Å². The molecule has 10 heteroatoms. The summed E-state index contributed by atoms with van der Waals surface area (Å²) < 4.78 is 33.9. The number of hydrogen-bond acceptors (Lipinski definition) is 6. The van der Waals surface area contributed by atoms with Gasteiger partial charge in [0.05, 0.1) is 10.7 Å². The molecule has 8 nitrogen and oxygen atoms in total. The van der Waals surface area contributed by atoms with Crippen LogP contribution in [0.25, 0.3) is 0 Å². The number of hydrogen-bond donors (Lipinski definition) is 1. The Hall–Kier alpha value is -2.23. The van der Waals surface area contributed by atoms with Crippen molar-refractivity contribution in [2.45, 2.75) is 6.42 Å². The number of carbonyl (C=O) groups is 1. The largest absolute Gasteiger partial charge is 0.399 e. The van der Waals surface area contributed by atoms with Gasteiger partial charge in [-0.3, -0.25) is 14.9 Å². The fourth-order valence-corrected chi connectivity index (χ4v) is 3.11. The Bertz CT molecular complexity index is 706. The molecule has 1 aromatic carbocycles. The quantitative estimate of drug-likeness (QED) is 0.379. The second-order valence-electron chi connectivity index (χ2n) is 4.79. The maximum absolute atomic E-state index is 12.7. The van der Waals surface area contributed by atoms with Gasteiger partial charge in [0.15, 0.2) is 0 Å². The van der Waals surface area contributed by atoms with Crippen LogP contribution in [0, 0.1) is 16.0 Å². The summed E-state index contributed by atoms with van der Waals surface area (Å²) in [5.41, 5.74) is 5.31. The van der Waals surface area contributed by atoms with Crippen molar-refractivity contribution in [2.75, 3.05) is 22.9 Å². The number of carbonyl (C=O) groups excluding carboxylic acids is 1. The Morgan fingerprint density at radius 2 is 2.14 bits per heavy atom. The molecule has 1 aromatic rings. The minimum absolute atomic E-state index is 0.0259. The van der Waals surface area contributed by atoms with Crippen LogP contribution in [-0.2, 0) is 15.0 Å². The van der Waals surface area contributed by atoms with E-state index in [1.165, 1.54) is 12.1 Å². The van der Waals surface area contributed by atoms with E-state index in [0.717, 1.165) is 11.0 Å². The molecule has 0 aromatic heterocycles. The molecule has 1 amide bonds. The molecule has 2 N–H and O–H groups in total. The van der Waals surface area contributed by atoms with Gasteiger partial charge in [-0.2, -0.15) is 8.42 Å². The second-order valence-corrected chi connectivity index (χ2v) is 6.20. The monoisotopic (exact) mass is 317 g/mol. The zero-order chi connectivity index (χ0) is 15.8. The van der Waals surface area contributed by atoms with Gasteiger partial charge in [0, 0.05) is 30.6 Å². The number of halogens is 1. The lowest BCUT2D eigenvalue weighted by molar-refractivity contribution is -0.384. The van der Waals surface area contributed by atoms with Crippen LogP contribution in [0.3, 0.4) is 0 Å². The number of anilines is 2. The zero-order valence-corrected chi connectivity index (χ0v) is 11.5. The Labute approximate surface area is 119 Å². The molecule has 1 unspecified atom stereocenters. The van der Waals surface area contributed by atoms with Crippen LogP contribution in [0.4, 0.5) is 20.9 Å². The minimum atomic E-state index is -4.70. The third-order valence-electron chi connectivity index (χ3n) is 3.13. The predicted molar refractivity (Wildman–Crippen MR) is 72.9 cm³/mol. The van der Waals surface area contributed by atoms with Crippen molar-refractivity contribution < 1.29 is 22.0 Å². The lowest BCUT2D eigenvalue weighted by atomic mass is 10.1. The first-order valence-electron chi connectivity index (χ1n) is 5.94. The number of benzene rings is 1. The van der Waals surface area contributed by atoms with E-state index in [0.29, 0.717) is 0 Å². The normalized spacial score (nSPS) is 19.0. The van der Waals surface area contributed by atoms with Gasteiger partial charge in [0.25, 0.3) is 5.69 Å². The number of rotatable bonds is 4. The topological polar surface area (TPSA) is 124 Å².